The third kappa shape index (κ3) is 4.11. The van der Waals surface area contributed by atoms with Gasteiger partial charge in [-0.25, -0.2) is 9.98 Å². The summed E-state index contributed by atoms with van der Waals surface area (Å²) in [5.74, 6) is 8.24. The number of imidazole rings is 1. The van der Waals surface area contributed by atoms with Crippen molar-refractivity contribution in [2.24, 2.45) is 4.99 Å². The van der Waals surface area contributed by atoms with Crippen molar-refractivity contribution in [3.63, 3.8) is 0 Å². The molecule has 0 atom stereocenters. The second-order valence-electron chi connectivity index (χ2n) is 9.97. The summed E-state index contributed by atoms with van der Waals surface area (Å²) < 4.78 is 1.91. The fourth-order valence-electron chi connectivity index (χ4n) is 5.57. The van der Waals surface area contributed by atoms with E-state index in [-0.39, 0.29) is 11.4 Å². The van der Waals surface area contributed by atoms with Gasteiger partial charge >= 0.3 is 0 Å². The highest BCUT2D eigenvalue weighted by Gasteiger charge is 2.49. The van der Waals surface area contributed by atoms with Gasteiger partial charge in [-0.05, 0) is 68.0 Å². The van der Waals surface area contributed by atoms with Crippen LogP contribution in [0.25, 0.3) is 0 Å². The van der Waals surface area contributed by atoms with Crippen molar-refractivity contribution in [1.82, 2.24) is 14.5 Å². The molecule has 0 saturated heterocycles. The predicted molar refractivity (Wildman–Crippen MR) is 148 cm³/mol. The lowest BCUT2D eigenvalue weighted by atomic mass is 9.99. The van der Waals surface area contributed by atoms with Gasteiger partial charge in [-0.2, -0.15) is 0 Å². The number of guanidine groups is 1. The van der Waals surface area contributed by atoms with Gasteiger partial charge in [0.1, 0.15) is 0 Å². The maximum absolute atomic E-state index is 13.9. The number of carbonyl (C=O) groups excluding carboxylic acids is 1. The largest absolute Gasteiger partial charge is 0.307 e. The van der Waals surface area contributed by atoms with Gasteiger partial charge in [0.05, 0.1) is 18.6 Å². The molecule has 37 heavy (non-hydrogen) atoms. The summed E-state index contributed by atoms with van der Waals surface area (Å²) in [5, 5.41) is 1.18. The van der Waals surface area contributed by atoms with Gasteiger partial charge in [0.15, 0.2) is 17.3 Å². The van der Waals surface area contributed by atoms with Crippen LogP contribution in [0.3, 0.4) is 0 Å². The molecule has 1 aliphatic carbocycles. The average molecular weight is 532 g/mol. The molecular weight excluding hydrogens is 505 g/mol. The van der Waals surface area contributed by atoms with Gasteiger partial charge < -0.3 is 4.57 Å². The molecule has 0 unspecified atom stereocenters. The Balaban J connectivity index is 1.51. The Labute approximate surface area is 226 Å². The number of aliphatic imine (C=N–C) groups is 1. The third-order valence-corrected chi connectivity index (χ3v) is 8.33. The van der Waals surface area contributed by atoms with E-state index in [4.69, 9.17) is 33.2 Å². The lowest BCUT2D eigenvalue weighted by Gasteiger charge is -2.33. The van der Waals surface area contributed by atoms with Crippen LogP contribution in [0.15, 0.2) is 47.5 Å². The van der Waals surface area contributed by atoms with Crippen molar-refractivity contribution in [3.05, 3.63) is 80.7 Å². The van der Waals surface area contributed by atoms with Crippen LogP contribution in [0.2, 0.25) is 10.0 Å². The van der Waals surface area contributed by atoms with Crippen molar-refractivity contribution in [2.45, 2.75) is 51.6 Å². The summed E-state index contributed by atoms with van der Waals surface area (Å²) in [7, 11) is 0. The summed E-state index contributed by atoms with van der Waals surface area (Å²) in [6.45, 7) is 5.52. The Morgan fingerprint density at radius 2 is 1.76 bits per heavy atom. The normalized spacial score (nSPS) is 17.5. The first-order valence-electron chi connectivity index (χ1n) is 12.7. The summed E-state index contributed by atoms with van der Waals surface area (Å²) in [5.41, 5.74) is 2.99. The predicted octanol–water partition coefficient (Wildman–Crippen LogP) is 5.91. The van der Waals surface area contributed by atoms with Crippen molar-refractivity contribution in [2.75, 3.05) is 18.0 Å². The molecule has 3 aliphatic rings. The summed E-state index contributed by atoms with van der Waals surface area (Å²) in [6, 6.07) is 13.6. The van der Waals surface area contributed by atoms with E-state index in [1.54, 1.807) is 4.90 Å². The Kier molecular flexibility index (Phi) is 6.01. The van der Waals surface area contributed by atoms with Crippen LogP contribution >= 0.6 is 23.2 Å². The molecule has 3 heterocycles. The minimum atomic E-state index is -0.137. The van der Waals surface area contributed by atoms with Crippen LogP contribution in [-0.2, 0) is 6.54 Å². The van der Waals surface area contributed by atoms with Crippen LogP contribution in [0.1, 0.15) is 65.6 Å². The SMILES string of the molecule is CCN1C(=O)c2c(nc(C#Cc3ccccc3)n2Cc2cc(Cl)c(C)c(Cl)c2)N2CC3(CCCC3)N=C12. The standard InChI is InChI=1S/C29H27Cl2N5O/c1-3-34-27(37)25-26(36-18-29(33-28(34)36)13-7-8-14-29)32-24(12-11-20-9-5-4-6-10-20)35(25)17-21-15-22(30)19(2)23(31)16-21/h4-6,9-10,15-16H,3,7-8,13-14,17-18H2,1-2H3. The molecule has 3 aromatic rings. The number of anilines is 1. The Morgan fingerprint density at radius 1 is 1.05 bits per heavy atom. The van der Waals surface area contributed by atoms with Gasteiger partial charge in [0.25, 0.3) is 5.91 Å². The van der Waals surface area contributed by atoms with Crippen LogP contribution in [0.4, 0.5) is 5.82 Å². The zero-order valence-corrected chi connectivity index (χ0v) is 22.4. The van der Waals surface area contributed by atoms with Crippen molar-refractivity contribution in [3.8, 4) is 11.8 Å². The van der Waals surface area contributed by atoms with E-state index in [2.05, 4.69) is 16.7 Å². The van der Waals surface area contributed by atoms with Gasteiger partial charge in [-0.1, -0.05) is 60.2 Å². The molecule has 1 saturated carbocycles. The van der Waals surface area contributed by atoms with Crippen molar-refractivity contribution >= 4 is 40.9 Å². The van der Waals surface area contributed by atoms with Gasteiger partial charge in [0.2, 0.25) is 5.96 Å². The molecular formula is C29H27Cl2N5O. The number of hydrogen-bond acceptors (Lipinski definition) is 4. The van der Waals surface area contributed by atoms with E-state index < -0.39 is 0 Å². The smallest absolute Gasteiger partial charge is 0.281 e. The van der Waals surface area contributed by atoms with E-state index in [0.29, 0.717) is 40.5 Å². The average Bonchev–Trinajstić information content (AvgIpc) is 3.60. The maximum Gasteiger partial charge on any atom is 0.281 e. The molecule has 1 aromatic heterocycles. The molecule has 8 heteroatoms. The first kappa shape index (κ1) is 24.1. The molecule has 6 rings (SSSR count). The van der Waals surface area contributed by atoms with Gasteiger partial charge in [-0.15, -0.1) is 0 Å². The third-order valence-electron chi connectivity index (χ3n) is 7.55. The molecule has 1 fully saturated rings. The van der Waals surface area contributed by atoms with E-state index in [0.717, 1.165) is 54.9 Å². The molecule has 0 N–H and O–H groups in total. The molecule has 2 aromatic carbocycles. The highest BCUT2D eigenvalue weighted by atomic mass is 35.5. The molecule has 0 bridgehead atoms. The van der Waals surface area contributed by atoms with Crippen LogP contribution in [0, 0.1) is 18.8 Å². The molecule has 0 radical (unpaired) electrons. The molecule has 2 aliphatic heterocycles. The number of benzene rings is 2. The van der Waals surface area contributed by atoms with Crippen molar-refractivity contribution < 1.29 is 4.79 Å². The Bertz CT molecular complexity index is 1470. The Hall–Kier alpha value is -3.27. The van der Waals surface area contributed by atoms with Crippen LogP contribution in [-0.4, -0.2) is 44.9 Å². The van der Waals surface area contributed by atoms with Crippen molar-refractivity contribution in [1.29, 1.82) is 0 Å². The van der Waals surface area contributed by atoms with E-state index in [9.17, 15) is 4.79 Å². The molecule has 6 nitrogen and oxygen atoms in total. The summed E-state index contributed by atoms with van der Waals surface area (Å²) in [6.07, 6.45) is 4.40. The number of fused-ring (bicyclic) bond motifs is 3. The summed E-state index contributed by atoms with van der Waals surface area (Å²) >= 11 is 12.9. The highest BCUT2D eigenvalue weighted by molar-refractivity contribution is 6.36. The maximum atomic E-state index is 13.9. The fourth-order valence-corrected chi connectivity index (χ4v) is 6.10. The lowest BCUT2D eigenvalue weighted by molar-refractivity contribution is 0.0836. The number of aromatic nitrogens is 2. The zero-order valence-electron chi connectivity index (χ0n) is 20.9. The number of amides is 1. The second kappa shape index (κ2) is 9.24. The van der Waals surface area contributed by atoms with Gasteiger partial charge in [0, 0.05) is 22.2 Å². The number of halogens is 2. The number of rotatable bonds is 3. The first-order chi connectivity index (χ1) is 17.9. The van der Waals surface area contributed by atoms with Crippen LogP contribution in [0.5, 0.6) is 0 Å². The second-order valence-corrected chi connectivity index (χ2v) is 10.8. The molecule has 1 amide bonds. The monoisotopic (exact) mass is 531 g/mol. The molecule has 188 valence electrons. The van der Waals surface area contributed by atoms with Gasteiger partial charge in [-0.3, -0.25) is 14.6 Å². The number of hydrogen-bond donors (Lipinski definition) is 0. The van der Waals surface area contributed by atoms with E-state index in [1.807, 2.05) is 60.9 Å². The zero-order chi connectivity index (χ0) is 25.7. The number of carbonyl (C=O) groups is 1. The number of nitrogens with zero attached hydrogens (tertiary/aromatic N) is 5. The first-order valence-corrected chi connectivity index (χ1v) is 13.5. The fraction of sp³-hybridized carbons (Fsp3) is 0.345. The topological polar surface area (TPSA) is 53.7 Å². The Morgan fingerprint density at radius 3 is 2.43 bits per heavy atom. The lowest BCUT2D eigenvalue weighted by Crippen LogP contribution is -2.51. The molecule has 1 spiro atoms. The minimum absolute atomic E-state index is 0.105. The quantitative estimate of drug-likeness (QED) is 0.394. The van der Waals surface area contributed by atoms with E-state index in [1.165, 1.54) is 0 Å². The van der Waals surface area contributed by atoms with E-state index >= 15 is 0 Å². The highest BCUT2D eigenvalue weighted by Crippen LogP contribution is 2.42. The van der Waals surface area contributed by atoms with Crippen LogP contribution < -0.4 is 4.90 Å². The summed E-state index contributed by atoms with van der Waals surface area (Å²) in [4.78, 5) is 27.9. The minimum Gasteiger partial charge on any atom is -0.307 e.